The molecule has 1 heterocycles. The van der Waals surface area contributed by atoms with Gasteiger partial charge in [-0.25, -0.2) is 0 Å². The molecule has 3 N–H and O–H groups in total. The Balaban J connectivity index is 1.78. The van der Waals surface area contributed by atoms with Crippen molar-refractivity contribution in [2.75, 3.05) is 10.0 Å². The Morgan fingerprint density at radius 2 is 1.69 bits per heavy atom. The van der Waals surface area contributed by atoms with Gasteiger partial charge in [-0.1, -0.05) is 41.2 Å². The summed E-state index contributed by atoms with van der Waals surface area (Å²) >= 11 is 0.705. The molecule has 3 aromatic rings. The predicted molar refractivity (Wildman–Crippen MR) is 124 cm³/mol. The summed E-state index contributed by atoms with van der Waals surface area (Å²) in [6.45, 7) is 7.33. The third-order valence-corrected chi connectivity index (χ3v) is 6.61. The van der Waals surface area contributed by atoms with Crippen molar-refractivity contribution in [1.82, 2.24) is 15.5 Å². The van der Waals surface area contributed by atoms with Crippen LogP contribution in [0.5, 0.6) is 0 Å². The molecule has 32 heavy (non-hydrogen) atoms. The van der Waals surface area contributed by atoms with E-state index in [1.54, 1.807) is 30.3 Å². The summed E-state index contributed by atoms with van der Waals surface area (Å²) in [6.07, 6.45) is 0. The average molecular weight is 474 g/mol. The fourth-order valence-electron chi connectivity index (χ4n) is 2.69. The lowest BCUT2D eigenvalue weighted by atomic mass is 10.1. The largest absolute Gasteiger partial charge is 0.347 e. The van der Waals surface area contributed by atoms with Crippen LogP contribution in [0.1, 0.15) is 47.1 Å². The molecular formula is C21H23N5O4S2. The minimum atomic E-state index is -4.14. The number of hydrogen-bond donors (Lipinski definition) is 3. The van der Waals surface area contributed by atoms with E-state index < -0.39 is 27.4 Å². The van der Waals surface area contributed by atoms with Crippen LogP contribution in [0, 0.1) is 6.92 Å². The van der Waals surface area contributed by atoms with Crippen LogP contribution in [0.25, 0.3) is 0 Å². The highest BCUT2D eigenvalue weighted by Gasteiger charge is 2.24. The maximum Gasteiger partial charge on any atom is 0.291 e. The van der Waals surface area contributed by atoms with E-state index in [0.29, 0.717) is 16.9 Å². The molecule has 0 fully saturated rings. The van der Waals surface area contributed by atoms with Crippen LogP contribution in [0.4, 0.5) is 10.8 Å². The number of anilines is 2. The van der Waals surface area contributed by atoms with Crippen LogP contribution < -0.4 is 15.4 Å². The molecule has 0 atom stereocenters. The summed E-state index contributed by atoms with van der Waals surface area (Å²) in [6, 6.07) is 13.2. The maximum absolute atomic E-state index is 12.8. The van der Waals surface area contributed by atoms with Crippen molar-refractivity contribution in [3.63, 3.8) is 0 Å². The second-order valence-corrected chi connectivity index (χ2v) is 10.9. The van der Waals surface area contributed by atoms with E-state index in [-0.39, 0.29) is 20.7 Å². The number of benzene rings is 2. The van der Waals surface area contributed by atoms with E-state index in [1.165, 1.54) is 12.1 Å². The molecule has 0 bridgehead atoms. The Hall–Kier alpha value is -3.31. The number of nitrogens with zero attached hydrogens (tertiary/aromatic N) is 2. The van der Waals surface area contributed by atoms with Crippen LogP contribution in [-0.4, -0.2) is 36.0 Å². The van der Waals surface area contributed by atoms with Crippen LogP contribution >= 0.6 is 11.3 Å². The number of hydrogen-bond acceptors (Lipinski definition) is 7. The Labute approximate surface area is 190 Å². The summed E-state index contributed by atoms with van der Waals surface area (Å²) in [7, 11) is -4.14. The highest BCUT2D eigenvalue weighted by molar-refractivity contribution is 7.94. The van der Waals surface area contributed by atoms with Gasteiger partial charge < -0.3 is 5.32 Å². The first-order valence-electron chi connectivity index (χ1n) is 9.60. The first-order valence-corrected chi connectivity index (χ1v) is 11.9. The quantitative estimate of drug-likeness (QED) is 0.470. The smallest absolute Gasteiger partial charge is 0.291 e. The first kappa shape index (κ1) is 23.4. The minimum Gasteiger partial charge on any atom is -0.347 e. The third kappa shape index (κ3) is 5.89. The minimum absolute atomic E-state index is 0.0376. The van der Waals surface area contributed by atoms with Gasteiger partial charge in [0.05, 0.1) is 11.3 Å². The average Bonchev–Trinajstić information content (AvgIpc) is 3.16. The van der Waals surface area contributed by atoms with E-state index in [4.69, 9.17) is 0 Å². The monoisotopic (exact) mass is 473 g/mol. The zero-order valence-electron chi connectivity index (χ0n) is 18.0. The molecule has 11 heteroatoms. The second kappa shape index (κ2) is 9.05. The van der Waals surface area contributed by atoms with Crippen molar-refractivity contribution in [1.29, 1.82) is 0 Å². The van der Waals surface area contributed by atoms with Crippen LogP contribution in [-0.2, 0) is 10.0 Å². The first-order chi connectivity index (χ1) is 14.9. The van der Waals surface area contributed by atoms with Gasteiger partial charge in [-0.3, -0.25) is 19.6 Å². The normalized spacial score (nSPS) is 11.6. The summed E-state index contributed by atoms with van der Waals surface area (Å²) in [5, 5.41) is 12.8. The van der Waals surface area contributed by atoms with Gasteiger partial charge in [-0.15, -0.1) is 10.2 Å². The standard InChI is InChI=1S/C21H23N5O4S2/c1-13-8-7-9-14(12-13)17(27)22-19-24-25-20(31-19)32(29,30)26-16-11-6-5-10-15(16)18(28)23-21(2,3)4/h5-12,26H,1-4H3,(H,23,28)(H,22,24,27). The number of carbonyl (C=O) groups excluding carboxylic acids is 2. The molecule has 0 saturated heterocycles. The fourth-order valence-corrected chi connectivity index (χ4v) is 4.67. The number of aromatic nitrogens is 2. The zero-order chi connectivity index (χ0) is 23.5. The molecule has 0 unspecified atom stereocenters. The molecule has 2 aromatic carbocycles. The number of para-hydroxylation sites is 1. The molecule has 0 aliphatic heterocycles. The Kier molecular flexibility index (Phi) is 6.60. The summed E-state index contributed by atoms with van der Waals surface area (Å²) in [4.78, 5) is 24.9. The van der Waals surface area contributed by atoms with E-state index in [9.17, 15) is 18.0 Å². The molecule has 168 valence electrons. The highest BCUT2D eigenvalue weighted by Crippen LogP contribution is 2.25. The van der Waals surface area contributed by atoms with Gasteiger partial charge in [-0.2, -0.15) is 8.42 Å². The number of amides is 2. The highest BCUT2D eigenvalue weighted by atomic mass is 32.2. The number of rotatable bonds is 6. The van der Waals surface area contributed by atoms with Gasteiger partial charge >= 0.3 is 0 Å². The molecule has 0 saturated carbocycles. The molecule has 0 radical (unpaired) electrons. The Morgan fingerprint density at radius 3 is 2.38 bits per heavy atom. The third-order valence-electron chi connectivity index (χ3n) is 4.04. The lowest BCUT2D eigenvalue weighted by Crippen LogP contribution is -2.40. The van der Waals surface area contributed by atoms with Crippen LogP contribution in [0.15, 0.2) is 52.9 Å². The van der Waals surface area contributed by atoms with Crippen molar-refractivity contribution in [3.05, 3.63) is 65.2 Å². The molecule has 1 aromatic heterocycles. The Bertz CT molecular complexity index is 1260. The van der Waals surface area contributed by atoms with Gasteiger partial charge in [0, 0.05) is 11.1 Å². The summed E-state index contributed by atoms with van der Waals surface area (Å²) in [5.41, 5.74) is 1.11. The van der Waals surface area contributed by atoms with Gasteiger partial charge in [-0.05, 0) is 52.0 Å². The molecule has 3 rings (SSSR count). The second-order valence-electron chi connectivity index (χ2n) is 8.05. The van der Waals surface area contributed by atoms with Crippen LogP contribution in [0.2, 0.25) is 0 Å². The van der Waals surface area contributed by atoms with Gasteiger partial charge in [0.2, 0.25) is 5.13 Å². The fraction of sp³-hybridized carbons (Fsp3) is 0.238. The van der Waals surface area contributed by atoms with Gasteiger partial charge in [0.25, 0.3) is 26.2 Å². The van der Waals surface area contributed by atoms with E-state index >= 15 is 0 Å². The van der Waals surface area contributed by atoms with E-state index in [0.717, 1.165) is 5.56 Å². The maximum atomic E-state index is 12.8. The van der Waals surface area contributed by atoms with E-state index in [1.807, 2.05) is 33.8 Å². The zero-order valence-corrected chi connectivity index (χ0v) is 19.6. The lowest BCUT2D eigenvalue weighted by Gasteiger charge is -2.21. The van der Waals surface area contributed by atoms with Crippen molar-refractivity contribution in [2.24, 2.45) is 0 Å². The Morgan fingerprint density at radius 1 is 0.969 bits per heavy atom. The summed E-state index contributed by atoms with van der Waals surface area (Å²) < 4.78 is 27.7. The molecule has 0 aliphatic rings. The number of nitrogens with one attached hydrogen (secondary N) is 3. The van der Waals surface area contributed by atoms with Crippen molar-refractivity contribution >= 4 is 44.0 Å². The predicted octanol–water partition coefficient (Wildman–Crippen LogP) is 3.43. The lowest BCUT2D eigenvalue weighted by molar-refractivity contribution is 0.0919. The molecule has 0 aliphatic carbocycles. The van der Waals surface area contributed by atoms with E-state index in [2.05, 4.69) is 25.6 Å². The number of carbonyl (C=O) groups is 2. The van der Waals surface area contributed by atoms with Crippen molar-refractivity contribution in [2.45, 2.75) is 37.6 Å². The molecule has 2 amide bonds. The SMILES string of the molecule is Cc1cccc(C(=O)Nc2nnc(S(=O)(=O)Nc3ccccc3C(=O)NC(C)(C)C)s2)c1. The van der Waals surface area contributed by atoms with Crippen molar-refractivity contribution < 1.29 is 18.0 Å². The molecular weight excluding hydrogens is 450 g/mol. The number of aryl methyl sites for hydroxylation is 1. The van der Waals surface area contributed by atoms with Crippen molar-refractivity contribution in [3.8, 4) is 0 Å². The number of sulfonamides is 1. The summed E-state index contributed by atoms with van der Waals surface area (Å²) in [5.74, 6) is -0.842. The topological polar surface area (TPSA) is 130 Å². The van der Waals surface area contributed by atoms with Gasteiger partial charge in [0.15, 0.2) is 0 Å². The van der Waals surface area contributed by atoms with Crippen LogP contribution in [0.3, 0.4) is 0 Å². The molecule has 0 spiro atoms. The molecule has 9 nitrogen and oxygen atoms in total. The van der Waals surface area contributed by atoms with Gasteiger partial charge in [0.1, 0.15) is 0 Å².